The van der Waals surface area contributed by atoms with Crippen molar-refractivity contribution in [3.63, 3.8) is 0 Å². The lowest BCUT2D eigenvalue weighted by molar-refractivity contribution is -0.128. The molecule has 0 radical (unpaired) electrons. The van der Waals surface area contributed by atoms with Crippen LogP contribution in [0.2, 0.25) is 0 Å². The van der Waals surface area contributed by atoms with Crippen molar-refractivity contribution in [2.45, 2.75) is 25.2 Å². The number of rotatable bonds is 2. The van der Waals surface area contributed by atoms with Crippen LogP contribution in [0.25, 0.3) is 0 Å². The normalized spacial score (nSPS) is 19.0. The van der Waals surface area contributed by atoms with Gasteiger partial charge in [-0.1, -0.05) is 0 Å². The zero-order chi connectivity index (χ0) is 17.3. The third kappa shape index (κ3) is 3.21. The van der Waals surface area contributed by atoms with Gasteiger partial charge in [0.05, 0.1) is 4.90 Å². The van der Waals surface area contributed by atoms with Crippen LogP contribution >= 0.6 is 0 Å². The van der Waals surface area contributed by atoms with Gasteiger partial charge in [-0.25, -0.2) is 8.42 Å². The van der Waals surface area contributed by atoms with Crippen LogP contribution in [-0.2, 0) is 14.8 Å². The molecule has 132 valence electrons. The Morgan fingerprint density at radius 3 is 2.38 bits per heavy atom. The number of sulfonamides is 1. The maximum absolute atomic E-state index is 13.0. The number of ether oxygens (including phenoxy) is 2. The summed E-state index contributed by atoms with van der Waals surface area (Å²) in [5.41, 5.74) is 0.631. The zero-order valence-corrected chi connectivity index (χ0v) is 14.8. The van der Waals surface area contributed by atoms with Gasteiger partial charge in [-0.05, 0) is 25.0 Å². The Hall–Kier alpha value is -1.80. The number of benzene rings is 1. The summed E-state index contributed by atoms with van der Waals surface area (Å²) in [4.78, 5) is 13.4. The second kappa shape index (κ2) is 6.60. The fraction of sp³-hybridized carbons (Fsp3) is 0.562. The highest BCUT2D eigenvalue weighted by Gasteiger charge is 2.30. The molecule has 2 aliphatic rings. The SMILES string of the molecule is CC(=O)N1CCCN(S(=O)(=O)c2cc3c(cc2C)OCCO3)CC1. The van der Waals surface area contributed by atoms with Crippen LogP contribution in [0.1, 0.15) is 18.9 Å². The molecule has 0 saturated carbocycles. The van der Waals surface area contributed by atoms with Gasteiger partial charge in [0, 0.05) is 39.2 Å². The molecule has 2 aliphatic heterocycles. The topological polar surface area (TPSA) is 76.2 Å². The minimum Gasteiger partial charge on any atom is -0.486 e. The summed E-state index contributed by atoms with van der Waals surface area (Å²) in [6.07, 6.45) is 0.627. The molecule has 3 rings (SSSR count). The predicted octanol–water partition coefficient (Wildman–Crippen LogP) is 1.01. The van der Waals surface area contributed by atoms with Crippen LogP contribution in [0.3, 0.4) is 0 Å². The van der Waals surface area contributed by atoms with Gasteiger partial charge in [0.2, 0.25) is 15.9 Å². The van der Waals surface area contributed by atoms with Gasteiger partial charge in [-0.3, -0.25) is 4.79 Å². The molecular weight excluding hydrogens is 332 g/mol. The Kier molecular flexibility index (Phi) is 4.69. The average molecular weight is 354 g/mol. The molecule has 0 unspecified atom stereocenters. The summed E-state index contributed by atoms with van der Waals surface area (Å²) in [5.74, 6) is 1.02. The second-order valence-corrected chi connectivity index (χ2v) is 7.93. The maximum Gasteiger partial charge on any atom is 0.243 e. The molecule has 24 heavy (non-hydrogen) atoms. The molecule has 1 saturated heterocycles. The minimum atomic E-state index is -3.64. The van der Waals surface area contributed by atoms with Crippen molar-refractivity contribution in [1.82, 2.24) is 9.21 Å². The van der Waals surface area contributed by atoms with Crippen LogP contribution in [0.5, 0.6) is 11.5 Å². The summed E-state index contributed by atoms with van der Waals surface area (Å²) in [6.45, 7) is 5.84. The van der Waals surface area contributed by atoms with E-state index < -0.39 is 10.0 Å². The first kappa shape index (κ1) is 17.0. The fourth-order valence-corrected chi connectivity index (χ4v) is 4.73. The molecule has 7 nitrogen and oxygen atoms in total. The number of hydrogen-bond acceptors (Lipinski definition) is 5. The largest absolute Gasteiger partial charge is 0.486 e. The third-order valence-electron chi connectivity index (χ3n) is 4.36. The van der Waals surface area contributed by atoms with E-state index in [0.29, 0.717) is 62.9 Å². The summed E-state index contributed by atoms with van der Waals surface area (Å²) in [6, 6.07) is 3.26. The molecule has 0 N–H and O–H groups in total. The molecule has 1 amide bonds. The first-order chi connectivity index (χ1) is 11.4. The van der Waals surface area contributed by atoms with Gasteiger partial charge in [0.1, 0.15) is 13.2 Å². The number of nitrogens with zero attached hydrogens (tertiary/aromatic N) is 2. The van der Waals surface area contributed by atoms with E-state index >= 15 is 0 Å². The van der Waals surface area contributed by atoms with Crippen molar-refractivity contribution in [3.8, 4) is 11.5 Å². The fourth-order valence-electron chi connectivity index (χ4n) is 3.04. The van der Waals surface area contributed by atoms with Crippen molar-refractivity contribution >= 4 is 15.9 Å². The van der Waals surface area contributed by atoms with Crippen LogP contribution in [0, 0.1) is 6.92 Å². The quantitative estimate of drug-likeness (QED) is 0.792. The molecule has 0 spiro atoms. The minimum absolute atomic E-state index is 0.0234. The van der Waals surface area contributed by atoms with Crippen molar-refractivity contribution in [2.24, 2.45) is 0 Å². The van der Waals surface area contributed by atoms with Crippen LogP contribution in [0.4, 0.5) is 0 Å². The molecule has 1 aromatic rings. The Bertz CT molecular complexity index is 747. The number of carbonyl (C=O) groups excluding carboxylic acids is 1. The van der Waals surface area contributed by atoms with E-state index in [1.165, 1.54) is 11.2 Å². The van der Waals surface area contributed by atoms with Gasteiger partial charge in [0.15, 0.2) is 11.5 Å². The number of carbonyl (C=O) groups is 1. The Labute approximate surface area is 142 Å². The molecule has 1 aromatic carbocycles. The highest BCUT2D eigenvalue weighted by molar-refractivity contribution is 7.89. The molecular formula is C16H22N2O5S. The van der Waals surface area contributed by atoms with Gasteiger partial charge < -0.3 is 14.4 Å². The van der Waals surface area contributed by atoms with E-state index in [-0.39, 0.29) is 10.8 Å². The van der Waals surface area contributed by atoms with Gasteiger partial charge >= 0.3 is 0 Å². The number of hydrogen-bond donors (Lipinski definition) is 0. The lowest BCUT2D eigenvalue weighted by Crippen LogP contribution is -2.36. The maximum atomic E-state index is 13.0. The van der Waals surface area contributed by atoms with Crippen LogP contribution < -0.4 is 9.47 Å². The van der Waals surface area contributed by atoms with Gasteiger partial charge in [0.25, 0.3) is 0 Å². The molecule has 0 atom stereocenters. The standard InChI is InChI=1S/C16H22N2O5S/c1-12-10-14-15(23-9-8-22-14)11-16(12)24(20,21)18-5-3-4-17(6-7-18)13(2)19/h10-11H,3-9H2,1-2H3. The van der Waals surface area contributed by atoms with Crippen molar-refractivity contribution in [3.05, 3.63) is 17.7 Å². The van der Waals surface area contributed by atoms with Crippen molar-refractivity contribution in [1.29, 1.82) is 0 Å². The van der Waals surface area contributed by atoms with E-state index in [9.17, 15) is 13.2 Å². The molecule has 0 bridgehead atoms. The highest BCUT2D eigenvalue weighted by atomic mass is 32.2. The van der Waals surface area contributed by atoms with E-state index in [4.69, 9.17) is 9.47 Å². The van der Waals surface area contributed by atoms with Crippen LogP contribution in [0.15, 0.2) is 17.0 Å². The molecule has 0 aromatic heterocycles. The number of fused-ring (bicyclic) bond motifs is 1. The molecule has 1 fully saturated rings. The molecule has 8 heteroatoms. The summed E-state index contributed by atoms with van der Waals surface area (Å²) >= 11 is 0. The smallest absolute Gasteiger partial charge is 0.243 e. The Morgan fingerprint density at radius 2 is 1.71 bits per heavy atom. The summed E-state index contributed by atoms with van der Waals surface area (Å²) < 4.78 is 38.6. The highest BCUT2D eigenvalue weighted by Crippen LogP contribution is 2.35. The first-order valence-corrected chi connectivity index (χ1v) is 9.49. The number of amides is 1. The van der Waals surface area contributed by atoms with Crippen molar-refractivity contribution in [2.75, 3.05) is 39.4 Å². The average Bonchev–Trinajstić information content (AvgIpc) is 2.80. The Morgan fingerprint density at radius 1 is 1.04 bits per heavy atom. The predicted molar refractivity (Wildman–Crippen MR) is 87.8 cm³/mol. The van der Waals surface area contributed by atoms with Gasteiger partial charge in [-0.15, -0.1) is 0 Å². The van der Waals surface area contributed by atoms with E-state index in [0.717, 1.165) is 0 Å². The van der Waals surface area contributed by atoms with Gasteiger partial charge in [-0.2, -0.15) is 4.31 Å². The molecule has 0 aliphatic carbocycles. The number of aryl methyl sites for hydroxylation is 1. The lowest BCUT2D eigenvalue weighted by atomic mass is 10.2. The van der Waals surface area contributed by atoms with Crippen molar-refractivity contribution < 1.29 is 22.7 Å². The lowest BCUT2D eigenvalue weighted by Gasteiger charge is -2.24. The molecule has 2 heterocycles. The van der Waals surface area contributed by atoms with E-state index in [1.54, 1.807) is 24.0 Å². The van der Waals surface area contributed by atoms with Crippen LogP contribution in [-0.4, -0.2) is 62.9 Å². The zero-order valence-electron chi connectivity index (χ0n) is 13.9. The second-order valence-electron chi connectivity index (χ2n) is 6.03. The van der Waals surface area contributed by atoms with E-state index in [1.807, 2.05) is 0 Å². The third-order valence-corrected chi connectivity index (χ3v) is 6.40. The van der Waals surface area contributed by atoms with E-state index in [2.05, 4.69) is 0 Å². The summed E-state index contributed by atoms with van der Waals surface area (Å²) in [5, 5.41) is 0. The monoisotopic (exact) mass is 354 g/mol. The Balaban J connectivity index is 1.89. The summed E-state index contributed by atoms with van der Waals surface area (Å²) in [7, 11) is -3.64. The first-order valence-electron chi connectivity index (χ1n) is 8.05.